The fraction of sp³-hybridized carbons (Fsp3) is 0.545. The molecule has 2 aliphatic rings. The van der Waals surface area contributed by atoms with Gasteiger partial charge in [-0.05, 0) is 50.2 Å². The molecule has 7 nitrogen and oxygen atoms in total. The number of halogens is 3. The molecule has 33 heavy (non-hydrogen) atoms. The molecule has 3 heterocycles. The predicted molar refractivity (Wildman–Crippen MR) is 116 cm³/mol. The van der Waals surface area contributed by atoms with Gasteiger partial charge in [0.25, 0.3) is 5.91 Å². The molecule has 0 saturated carbocycles. The van der Waals surface area contributed by atoms with E-state index in [2.05, 4.69) is 10.2 Å². The Bertz CT molecular complexity index is 1120. The molecular formula is C22H27F3N4O3S. The monoisotopic (exact) mass is 484 g/mol. The first-order valence-electron chi connectivity index (χ1n) is 11.1. The average molecular weight is 485 g/mol. The Kier molecular flexibility index (Phi) is 6.54. The zero-order valence-corrected chi connectivity index (χ0v) is 19.2. The van der Waals surface area contributed by atoms with Gasteiger partial charge in [-0.15, -0.1) is 0 Å². The van der Waals surface area contributed by atoms with E-state index >= 15 is 0 Å². The van der Waals surface area contributed by atoms with Crippen molar-refractivity contribution < 1.29 is 26.4 Å². The third-order valence-electron chi connectivity index (χ3n) is 6.57. The molecule has 1 saturated heterocycles. The number of fused-ring (bicyclic) bond motifs is 1. The number of aromatic nitrogens is 2. The van der Waals surface area contributed by atoms with Gasteiger partial charge in [-0.2, -0.15) is 22.6 Å². The van der Waals surface area contributed by atoms with Crippen LogP contribution in [0.5, 0.6) is 0 Å². The summed E-state index contributed by atoms with van der Waals surface area (Å²) in [5, 5.41) is 7.09. The molecule has 2 aliphatic heterocycles. The van der Waals surface area contributed by atoms with E-state index in [0.29, 0.717) is 50.9 Å². The summed E-state index contributed by atoms with van der Waals surface area (Å²) in [7, 11) is -3.41. The lowest BCUT2D eigenvalue weighted by Crippen LogP contribution is -2.39. The number of sulfonamides is 1. The van der Waals surface area contributed by atoms with Crippen molar-refractivity contribution in [3.63, 3.8) is 0 Å². The van der Waals surface area contributed by atoms with Crippen molar-refractivity contribution in [3.05, 3.63) is 52.3 Å². The van der Waals surface area contributed by atoms with E-state index in [9.17, 15) is 26.4 Å². The number of aryl methyl sites for hydroxylation is 1. The van der Waals surface area contributed by atoms with E-state index in [4.69, 9.17) is 0 Å². The molecule has 0 unspecified atom stereocenters. The molecule has 0 radical (unpaired) electrons. The number of hydrogen-bond acceptors (Lipinski definition) is 4. The molecule has 0 aliphatic carbocycles. The second kappa shape index (κ2) is 9.09. The van der Waals surface area contributed by atoms with Crippen LogP contribution in [0.25, 0.3) is 0 Å². The number of rotatable bonds is 4. The lowest BCUT2D eigenvalue weighted by Gasteiger charge is -2.33. The van der Waals surface area contributed by atoms with Crippen molar-refractivity contribution in [2.45, 2.75) is 51.2 Å². The smallest absolute Gasteiger partial charge is 0.337 e. The van der Waals surface area contributed by atoms with Crippen molar-refractivity contribution in [1.82, 2.24) is 19.4 Å². The van der Waals surface area contributed by atoms with Crippen LogP contribution < -0.4 is 0 Å². The van der Waals surface area contributed by atoms with Gasteiger partial charge in [-0.1, -0.05) is 18.2 Å². The van der Waals surface area contributed by atoms with Gasteiger partial charge in [0.15, 0.2) is 5.69 Å². The zero-order chi connectivity index (χ0) is 23.8. The maximum atomic E-state index is 13.4. The molecule has 0 bridgehead atoms. The Morgan fingerprint density at radius 3 is 2.55 bits per heavy atom. The van der Waals surface area contributed by atoms with E-state index in [-0.39, 0.29) is 35.4 Å². The summed E-state index contributed by atoms with van der Waals surface area (Å²) in [4.78, 5) is 14.8. The molecule has 1 fully saturated rings. The molecule has 1 aromatic carbocycles. The highest BCUT2D eigenvalue weighted by Crippen LogP contribution is 2.39. The van der Waals surface area contributed by atoms with E-state index in [0.717, 1.165) is 11.8 Å². The first-order valence-corrected chi connectivity index (χ1v) is 12.7. The second-order valence-corrected chi connectivity index (χ2v) is 10.8. The van der Waals surface area contributed by atoms with E-state index < -0.39 is 21.8 Å². The molecular weight excluding hydrogens is 457 g/mol. The number of alkyl halides is 3. The summed E-state index contributed by atoms with van der Waals surface area (Å²) in [6, 6.07) is 5.61. The first kappa shape index (κ1) is 23.7. The number of nitrogens with one attached hydrogen (secondary N) is 1. The fourth-order valence-corrected chi connectivity index (χ4v) is 5.82. The first-order chi connectivity index (χ1) is 15.6. The second-order valence-electron chi connectivity index (χ2n) is 8.52. The van der Waals surface area contributed by atoms with Crippen LogP contribution >= 0.6 is 0 Å². The van der Waals surface area contributed by atoms with Gasteiger partial charge in [0.2, 0.25) is 10.0 Å². The van der Waals surface area contributed by atoms with Crippen LogP contribution in [0.4, 0.5) is 13.2 Å². The van der Waals surface area contributed by atoms with Crippen LogP contribution in [-0.4, -0.2) is 59.1 Å². The van der Waals surface area contributed by atoms with E-state index in [1.165, 1.54) is 16.4 Å². The maximum absolute atomic E-state index is 13.4. The predicted octanol–water partition coefficient (Wildman–Crippen LogP) is 3.55. The van der Waals surface area contributed by atoms with Gasteiger partial charge in [0, 0.05) is 37.4 Å². The number of carbonyl (C=O) groups excluding carboxylic acids is 1. The molecule has 4 rings (SSSR count). The molecule has 180 valence electrons. The van der Waals surface area contributed by atoms with Crippen molar-refractivity contribution >= 4 is 15.9 Å². The zero-order valence-electron chi connectivity index (χ0n) is 18.4. The molecule has 1 N–H and O–H groups in total. The van der Waals surface area contributed by atoms with Crippen LogP contribution in [0.3, 0.4) is 0 Å². The normalized spacial score (nSPS) is 18.7. The van der Waals surface area contributed by atoms with Crippen LogP contribution in [0.1, 0.15) is 65.0 Å². The van der Waals surface area contributed by atoms with Crippen molar-refractivity contribution in [2.24, 2.45) is 0 Å². The van der Waals surface area contributed by atoms with Crippen LogP contribution in [0.2, 0.25) is 0 Å². The van der Waals surface area contributed by atoms with Gasteiger partial charge >= 0.3 is 6.18 Å². The summed E-state index contributed by atoms with van der Waals surface area (Å²) < 4.78 is 66.4. The van der Waals surface area contributed by atoms with Gasteiger partial charge < -0.3 is 4.90 Å². The number of aromatic amines is 1. The summed E-state index contributed by atoms with van der Waals surface area (Å²) in [6.07, 6.45) is -2.35. The third kappa shape index (κ3) is 4.79. The Morgan fingerprint density at radius 1 is 1.18 bits per heavy atom. The van der Waals surface area contributed by atoms with E-state index in [1.807, 2.05) is 0 Å². The minimum absolute atomic E-state index is 0.0175. The number of benzene rings is 1. The minimum Gasteiger partial charge on any atom is -0.337 e. The van der Waals surface area contributed by atoms with Gasteiger partial charge in [0.1, 0.15) is 0 Å². The SMILES string of the molecule is CCS(=O)(=O)N1CCCc2[nH]nc(C(=O)N3CCC(c4ccccc4C(F)(F)F)CC3)c2C1. The van der Waals surface area contributed by atoms with Gasteiger partial charge in [-0.3, -0.25) is 9.89 Å². The van der Waals surface area contributed by atoms with Crippen LogP contribution in [0.15, 0.2) is 24.3 Å². The molecule has 1 aromatic heterocycles. The van der Waals surface area contributed by atoms with Gasteiger partial charge in [-0.25, -0.2) is 8.42 Å². The van der Waals surface area contributed by atoms with Crippen molar-refractivity contribution in [2.75, 3.05) is 25.4 Å². The number of piperidine rings is 1. The quantitative estimate of drug-likeness (QED) is 0.719. The average Bonchev–Trinajstić information content (AvgIpc) is 3.07. The Labute approximate surface area is 191 Å². The third-order valence-corrected chi connectivity index (χ3v) is 8.40. The minimum atomic E-state index is -4.42. The lowest BCUT2D eigenvalue weighted by atomic mass is 9.86. The lowest BCUT2D eigenvalue weighted by molar-refractivity contribution is -0.138. The number of H-pyrrole nitrogens is 1. The van der Waals surface area contributed by atoms with Crippen molar-refractivity contribution in [1.29, 1.82) is 0 Å². The van der Waals surface area contributed by atoms with Crippen LogP contribution in [-0.2, 0) is 29.2 Å². The largest absolute Gasteiger partial charge is 0.416 e. The Hall–Kier alpha value is -2.40. The maximum Gasteiger partial charge on any atom is 0.416 e. The Morgan fingerprint density at radius 2 is 1.88 bits per heavy atom. The number of likely N-dealkylation sites (tertiary alicyclic amines) is 1. The fourth-order valence-electron chi connectivity index (χ4n) is 4.72. The highest BCUT2D eigenvalue weighted by molar-refractivity contribution is 7.89. The Balaban J connectivity index is 1.50. The summed E-state index contributed by atoms with van der Waals surface area (Å²) in [5.41, 5.74) is 1.22. The summed E-state index contributed by atoms with van der Waals surface area (Å²) >= 11 is 0. The van der Waals surface area contributed by atoms with Crippen molar-refractivity contribution in [3.8, 4) is 0 Å². The highest BCUT2D eigenvalue weighted by Gasteiger charge is 2.37. The molecule has 1 amide bonds. The van der Waals surface area contributed by atoms with Crippen LogP contribution in [0, 0.1) is 0 Å². The molecule has 2 aromatic rings. The highest BCUT2D eigenvalue weighted by atomic mass is 32.2. The number of nitrogens with zero attached hydrogens (tertiary/aromatic N) is 3. The molecule has 11 heteroatoms. The number of hydrogen-bond donors (Lipinski definition) is 1. The van der Waals surface area contributed by atoms with Gasteiger partial charge in [0.05, 0.1) is 11.3 Å². The number of amides is 1. The number of carbonyl (C=O) groups is 1. The standard InChI is InChI=1S/C22H27F3N4O3S/c1-2-33(31,32)29-11-5-8-19-17(14-29)20(27-26-19)21(30)28-12-9-15(10-13-28)16-6-3-4-7-18(16)22(23,24)25/h3-4,6-7,15H,2,5,8-14H2,1H3,(H,26,27). The van der Waals surface area contributed by atoms with E-state index in [1.54, 1.807) is 17.9 Å². The molecule has 0 atom stereocenters. The topological polar surface area (TPSA) is 86.4 Å². The summed E-state index contributed by atoms with van der Waals surface area (Å²) in [6.45, 7) is 2.70. The molecule has 0 spiro atoms. The summed E-state index contributed by atoms with van der Waals surface area (Å²) in [5.74, 6) is -0.615.